The molecule has 26 heavy (non-hydrogen) atoms. The zero-order chi connectivity index (χ0) is 18.5. The number of phenols is 1. The van der Waals surface area contributed by atoms with Crippen molar-refractivity contribution in [1.82, 2.24) is 0 Å². The minimum Gasteiger partial charge on any atom is -0.505 e. The van der Waals surface area contributed by atoms with Crippen LogP contribution in [0.4, 0.5) is 8.78 Å². The molecule has 1 fully saturated rings. The number of aromatic hydroxyl groups is 1. The molecule has 1 nitrogen and oxygen atoms in total. The SMILES string of the molecule is CCCCCC1CCC(c2ccc(-c3ccc(O)c(F)c3F)cc2)CC1. The molecular weight excluding hydrogens is 330 g/mol. The molecule has 0 spiro atoms. The smallest absolute Gasteiger partial charge is 0.200 e. The van der Waals surface area contributed by atoms with Crippen molar-refractivity contribution in [3.05, 3.63) is 53.6 Å². The fraction of sp³-hybridized carbons (Fsp3) is 0.478. The van der Waals surface area contributed by atoms with E-state index in [-0.39, 0.29) is 5.56 Å². The second-order valence-corrected chi connectivity index (χ2v) is 7.60. The predicted molar refractivity (Wildman–Crippen MR) is 102 cm³/mol. The molecule has 0 aliphatic heterocycles. The van der Waals surface area contributed by atoms with E-state index in [1.165, 1.54) is 69.1 Å². The van der Waals surface area contributed by atoms with Crippen molar-refractivity contribution >= 4 is 0 Å². The van der Waals surface area contributed by atoms with Crippen LogP contribution < -0.4 is 0 Å². The number of rotatable bonds is 6. The van der Waals surface area contributed by atoms with E-state index in [0.29, 0.717) is 11.5 Å². The zero-order valence-corrected chi connectivity index (χ0v) is 15.5. The van der Waals surface area contributed by atoms with Gasteiger partial charge in [0.2, 0.25) is 5.82 Å². The van der Waals surface area contributed by atoms with Gasteiger partial charge in [-0.05, 0) is 60.8 Å². The van der Waals surface area contributed by atoms with E-state index in [0.717, 1.165) is 5.92 Å². The summed E-state index contributed by atoms with van der Waals surface area (Å²) >= 11 is 0. The molecule has 1 aliphatic carbocycles. The van der Waals surface area contributed by atoms with Crippen molar-refractivity contribution in [3.8, 4) is 16.9 Å². The van der Waals surface area contributed by atoms with E-state index in [9.17, 15) is 13.9 Å². The van der Waals surface area contributed by atoms with E-state index in [2.05, 4.69) is 6.92 Å². The number of hydrogen-bond donors (Lipinski definition) is 1. The summed E-state index contributed by atoms with van der Waals surface area (Å²) in [5.74, 6) is -1.38. The lowest BCUT2D eigenvalue weighted by Gasteiger charge is -2.29. The van der Waals surface area contributed by atoms with Crippen LogP contribution in [0.1, 0.15) is 69.8 Å². The highest BCUT2D eigenvalue weighted by atomic mass is 19.2. The van der Waals surface area contributed by atoms with Gasteiger partial charge in [0.25, 0.3) is 0 Å². The molecule has 0 heterocycles. The van der Waals surface area contributed by atoms with Crippen molar-refractivity contribution in [2.24, 2.45) is 5.92 Å². The second-order valence-electron chi connectivity index (χ2n) is 7.60. The summed E-state index contributed by atoms with van der Waals surface area (Å²) in [5.41, 5.74) is 2.12. The van der Waals surface area contributed by atoms with Crippen LogP contribution in [0.3, 0.4) is 0 Å². The van der Waals surface area contributed by atoms with Gasteiger partial charge in [0.1, 0.15) is 0 Å². The number of benzene rings is 2. The third-order valence-electron chi connectivity index (χ3n) is 5.82. The molecule has 3 heteroatoms. The Morgan fingerprint density at radius 1 is 0.885 bits per heavy atom. The first-order valence-electron chi connectivity index (χ1n) is 9.87. The minimum atomic E-state index is -1.19. The monoisotopic (exact) mass is 358 g/mol. The van der Waals surface area contributed by atoms with Crippen LogP contribution in [0.25, 0.3) is 11.1 Å². The van der Waals surface area contributed by atoms with Crippen LogP contribution in [0.5, 0.6) is 5.75 Å². The molecule has 1 aliphatic rings. The van der Waals surface area contributed by atoms with Crippen molar-refractivity contribution in [3.63, 3.8) is 0 Å². The Labute approximate surface area is 155 Å². The van der Waals surface area contributed by atoms with Gasteiger partial charge in [0.05, 0.1) is 0 Å². The fourth-order valence-corrected chi connectivity index (χ4v) is 4.16. The summed E-state index contributed by atoms with van der Waals surface area (Å²) in [5, 5.41) is 9.26. The standard InChI is InChI=1S/C23H28F2O/c1-2-3-4-5-16-6-8-17(9-7-16)18-10-12-19(13-11-18)20-14-15-21(26)23(25)22(20)24/h10-17,26H,2-9H2,1H3. The summed E-state index contributed by atoms with van der Waals surface area (Å²) < 4.78 is 27.6. The maximum absolute atomic E-state index is 14.0. The number of halogens is 2. The molecule has 0 bridgehead atoms. The average Bonchev–Trinajstić information content (AvgIpc) is 2.67. The fourth-order valence-electron chi connectivity index (χ4n) is 4.16. The van der Waals surface area contributed by atoms with Gasteiger partial charge >= 0.3 is 0 Å². The van der Waals surface area contributed by atoms with Crippen LogP contribution in [0, 0.1) is 17.6 Å². The Morgan fingerprint density at radius 3 is 2.23 bits per heavy atom. The molecular formula is C23H28F2O. The van der Waals surface area contributed by atoms with E-state index < -0.39 is 17.4 Å². The molecule has 0 aromatic heterocycles. The molecule has 0 radical (unpaired) electrons. The lowest BCUT2D eigenvalue weighted by molar-refractivity contribution is 0.303. The Bertz CT molecular complexity index is 716. The number of unbranched alkanes of at least 4 members (excludes halogenated alkanes) is 2. The lowest BCUT2D eigenvalue weighted by Crippen LogP contribution is -2.13. The first kappa shape index (κ1) is 18.9. The molecule has 1 saturated carbocycles. The first-order valence-corrected chi connectivity index (χ1v) is 9.87. The van der Waals surface area contributed by atoms with Crippen molar-refractivity contribution in [2.75, 3.05) is 0 Å². The highest BCUT2D eigenvalue weighted by Crippen LogP contribution is 2.38. The first-order chi connectivity index (χ1) is 12.6. The molecule has 3 rings (SSSR count). The third-order valence-corrected chi connectivity index (χ3v) is 5.82. The van der Waals surface area contributed by atoms with E-state index in [1.807, 2.05) is 24.3 Å². The van der Waals surface area contributed by atoms with Crippen LogP contribution in [0.2, 0.25) is 0 Å². The summed E-state index contributed by atoms with van der Waals surface area (Å²) in [4.78, 5) is 0. The normalized spacial score (nSPS) is 20.3. The summed E-state index contributed by atoms with van der Waals surface area (Å²) in [6.45, 7) is 2.25. The summed E-state index contributed by atoms with van der Waals surface area (Å²) in [7, 11) is 0. The van der Waals surface area contributed by atoms with E-state index in [1.54, 1.807) is 0 Å². The van der Waals surface area contributed by atoms with Crippen LogP contribution in [0.15, 0.2) is 36.4 Å². The van der Waals surface area contributed by atoms with Gasteiger partial charge in [-0.15, -0.1) is 0 Å². The van der Waals surface area contributed by atoms with Gasteiger partial charge in [-0.3, -0.25) is 0 Å². The van der Waals surface area contributed by atoms with Gasteiger partial charge in [0, 0.05) is 5.56 Å². The van der Waals surface area contributed by atoms with E-state index >= 15 is 0 Å². The van der Waals surface area contributed by atoms with E-state index in [4.69, 9.17) is 0 Å². The van der Waals surface area contributed by atoms with Gasteiger partial charge < -0.3 is 5.11 Å². The maximum atomic E-state index is 14.0. The van der Waals surface area contributed by atoms with Crippen LogP contribution >= 0.6 is 0 Å². The zero-order valence-electron chi connectivity index (χ0n) is 15.5. The quantitative estimate of drug-likeness (QED) is 0.542. The molecule has 0 saturated heterocycles. The Hall–Kier alpha value is -1.90. The van der Waals surface area contributed by atoms with Gasteiger partial charge in [-0.2, -0.15) is 4.39 Å². The number of phenolic OH excluding ortho intramolecular Hbond substituents is 1. The minimum absolute atomic E-state index is 0.187. The molecule has 0 atom stereocenters. The lowest BCUT2D eigenvalue weighted by atomic mass is 9.77. The molecule has 0 amide bonds. The Kier molecular flexibility index (Phi) is 6.29. The molecule has 2 aromatic rings. The van der Waals surface area contributed by atoms with Gasteiger partial charge in [-0.25, -0.2) is 4.39 Å². The van der Waals surface area contributed by atoms with Crippen molar-refractivity contribution < 1.29 is 13.9 Å². The Balaban J connectivity index is 1.63. The number of hydrogen-bond acceptors (Lipinski definition) is 1. The maximum Gasteiger partial charge on any atom is 0.200 e. The van der Waals surface area contributed by atoms with Crippen LogP contribution in [-0.2, 0) is 0 Å². The van der Waals surface area contributed by atoms with Gasteiger partial charge in [-0.1, -0.05) is 56.9 Å². The highest BCUT2D eigenvalue weighted by molar-refractivity contribution is 5.65. The summed E-state index contributed by atoms with van der Waals surface area (Å²) in [6, 6.07) is 10.4. The Morgan fingerprint density at radius 2 is 1.58 bits per heavy atom. The second kappa shape index (κ2) is 8.66. The van der Waals surface area contributed by atoms with Crippen molar-refractivity contribution in [1.29, 1.82) is 0 Å². The van der Waals surface area contributed by atoms with Gasteiger partial charge in [0.15, 0.2) is 11.6 Å². The molecule has 140 valence electrons. The topological polar surface area (TPSA) is 20.2 Å². The highest BCUT2D eigenvalue weighted by Gasteiger charge is 2.22. The largest absolute Gasteiger partial charge is 0.505 e. The summed E-state index contributed by atoms with van der Waals surface area (Å²) in [6.07, 6.45) is 10.4. The third kappa shape index (κ3) is 4.25. The van der Waals surface area contributed by atoms with Crippen LogP contribution in [-0.4, -0.2) is 5.11 Å². The van der Waals surface area contributed by atoms with Crippen molar-refractivity contribution in [2.45, 2.75) is 64.2 Å². The predicted octanol–water partition coefficient (Wildman–Crippen LogP) is 7.19. The molecule has 1 N–H and O–H groups in total. The average molecular weight is 358 g/mol. The molecule has 2 aromatic carbocycles. The molecule has 0 unspecified atom stereocenters.